The molecule has 3 N–H and O–H groups in total. The maximum atomic E-state index is 12.6. The Morgan fingerprint density at radius 3 is 2.81 bits per heavy atom. The lowest BCUT2D eigenvalue weighted by Crippen LogP contribution is -2.20. The highest BCUT2D eigenvalue weighted by molar-refractivity contribution is 5.93. The molecule has 3 heterocycles. The quantitative estimate of drug-likeness (QED) is 0.502. The number of rotatable bonds is 5. The third-order valence-corrected chi connectivity index (χ3v) is 5.93. The summed E-state index contributed by atoms with van der Waals surface area (Å²) in [5.41, 5.74) is 13.7. The molecule has 32 heavy (non-hydrogen) atoms. The molecule has 0 fully saturated rings. The molecule has 9 nitrogen and oxygen atoms in total. The number of carbonyl (C=O) groups is 1. The molecule has 0 unspecified atom stereocenters. The number of nitrogens with one attached hydrogen (secondary N) is 1. The number of fused-ring (bicyclic) bond motifs is 3. The molecule has 0 spiro atoms. The van der Waals surface area contributed by atoms with Gasteiger partial charge in [-0.15, -0.1) is 0 Å². The minimum atomic E-state index is -0.174. The van der Waals surface area contributed by atoms with Gasteiger partial charge in [-0.3, -0.25) is 9.48 Å². The molecule has 1 aliphatic rings. The van der Waals surface area contributed by atoms with Crippen molar-refractivity contribution in [2.24, 2.45) is 0 Å². The SMILES string of the molecule is COc1cc(-n2c3c(c4ncnc(N)c42)CCC3)ccc1NC(=O)Cn1nc(C)cc1C. The van der Waals surface area contributed by atoms with Crippen molar-refractivity contribution in [3.63, 3.8) is 0 Å². The second kappa shape index (κ2) is 7.67. The Bertz CT molecular complexity index is 1350. The van der Waals surface area contributed by atoms with Gasteiger partial charge >= 0.3 is 0 Å². The van der Waals surface area contributed by atoms with Crippen LogP contribution in [0.5, 0.6) is 5.75 Å². The van der Waals surface area contributed by atoms with Crippen LogP contribution in [0.1, 0.15) is 29.1 Å². The standard InChI is InChI=1S/C23H25N7O2/c1-13-9-14(2)29(28-13)11-20(31)27-17-8-7-15(10-19(17)32-3)30-18-6-4-5-16(18)21-22(30)23(24)26-12-25-21/h7-10,12H,4-6,11H2,1-3H3,(H,27,31)(H2,24,25,26). The molecule has 0 aliphatic heterocycles. The van der Waals surface area contributed by atoms with Crippen LogP contribution in [0.25, 0.3) is 16.7 Å². The number of carbonyl (C=O) groups excluding carboxylic acids is 1. The maximum Gasteiger partial charge on any atom is 0.246 e. The van der Waals surface area contributed by atoms with E-state index in [0.717, 1.165) is 47.4 Å². The minimum Gasteiger partial charge on any atom is -0.494 e. The smallest absolute Gasteiger partial charge is 0.246 e. The first-order valence-electron chi connectivity index (χ1n) is 10.6. The second-order valence-electron chi connectivity index (χ2n) is 8.09. The number of nitrogens with two attached hydrogens (primary N) is 1. The van der Waals surface area contributed by atoms with Gasteiger partial charge in [0.2, 0.25) is 5.91 Å². The Kier molecular flexibility index (Phi) is 4.80. The van der Waals surface area contributed by atoms with Crippen molar-refractivity contribution in [2.75, 3.05) is 18.2 Å². The molecule has 164 valence electrons. The molecule has 0 saturated heterocycles. The van der Waals surface area contributed by atoms with E-state index >= 15 is 0 Å². The third kappa shape index (κ3) is 3.26. The van der Waals surface area contributed by atoms with Crippen molar-refractivity contribution in [3.05, 3.63) is 53.2 Å². The Balaban J connectivity index is 1.50. The molecule has 0 saturated carbocycles. The van der Waals surface area contributed by atoms with Gasteiger partial charge in [-0.2, -0.15) is 5.10 Å². The largest absolute Gasteiger partial charge is 0.494 e. The number of amides is 1. The number of benzene rings is 1. The van der Waals surface area contributed by atoms with Crippen LogP contribution in [0.3, 0.4) is 0 Å². The van der Waals surface area contributed by atoms with Crippen LogP contribution in [0.4, 0.5) is 11.5 Å². The van der Waals surface area contributed by atoms with Gasteiger partial charge < -0.3 is 20.4 Å². The number of hydrogen-bond acceptors (Lipinski definition) is 6. The van der Waals surface area contributed by atoms with E-state index in [1.54, 1.807) is 11.8 Å². The average molecular weight is 432 g/mol. The summed E-state index contributed by atoms with van der Waals surface area (Å²) in [5.74, 6) is 0.839. The van der Waals surface area contributed by atoms with E-state index in [9.17, 15) is 4.79 Å². The normalized spacial score (nSPS) is 12.8. The molecule has 1 aromatic carbocycles. The molecule has 1 amide bonds. The summed E-state index contributed by atoms with van der Waals surface area (Å²) in [5, 5.41) is 7.29. The third-order valence-electron chi connectivity index (χ3n) is 5.93. The fraction of sp³-hybridized carbons (Fsp3) is 0.304. The summed E-state index contributed by atoms with van der Waals surface area (Å²) in [6.45, 7) is 3.97. The van der Waals surface area contributed by atoms with Crippen molar-refractivity contribution in [3.8, 4) is 11.4 Å². The molecular weight excluding hydrogens is 406 g/mol. The number of nitrogens with zero attached hydrogens (tertiary/aromatic N) is 5. The van der Waals surface area contributed by atoms with Crippen LogP contribution in [0, 0.1) is 13.8 Å². The van der Waals surface area contributed by atoms with Crippen LogP contribution < -0.4 is 15.8 Å². The number of aryl methyl sites for hydroxylation is 3. The highest BCUT2D eigenvalue weighted by atomic mass is 16.5. The van der Waals surface area contributed by atoms with Gasteiger partial charge in [0.05, 0.1) is 24.0 Å². The van der Waals surface area contributed by atoms with Crippen LogP contribution >= 0.6 is 0 Å². The number of methoxy groups -OCH3 is 1. The van der Waals surface area contributed by atoms with Crippen LogP contribution in [-0.2, 0) is 24.2 Å². The maximum absolute atomic E-state index is 12.6. The van der Waals surface area contributed by atoms with Crippen molar-refractivity contribution < 1.29 is 9.53 Å². The summed E-state index contributed by atoms with van der Waals surface area (Å²) in [6.07, 6.45) is 4.53. The highest BCUT2D eigenvalue weighted by Gasteiger charge is 2.25. The second-order valence-corrected chi connectivity index (χ2v) is 8.09. The van der Waals surface area contributed by atoms with E-state index in [0.29, 0.717) is 17.3 Å². The summed E-state index contributed by atoms with van der Waals surface area (Å²) >= 11 is 0. The number of aromatic nitrogens is 5. The van der Waals surface area contributed by atoms with E-state index in [1.807, 2.05) is 38.1 Å². The molecule has 5 rings (SSSR count). The first-order valence-corrected chi connectivity index (χ1v) is 10.6. The average Bonchev–Trinajstić information content (AvgIpc) is 3.43. The fourth-order valence-corrected chi connectivity index (χ4v) is 4.57. The number of hydrogen-bond donors (Lipinski definition) is 2. The molecule has 9 heteroatoms. The predicted molar refractivity (Wildman–Crippen MR) is 122 cm³/mol. The van der Waals surface area contributed by atoms with Gasteiger partial charge in [0, 0.05) is 23.1 Å². The number of nitrogen functional groups attached to an aromatic ring is 1. The van der Waals surface area contributed by atoms with Gasteiger partial charge in [0.15, 0.2) is 5.82 Å². The molecule has 0 atom stereocenters. The highest BCUT2D eigenvalue weighted by Crippen LogP contribution is 2.37. The Hall–Kier alpha value is -3.88. The predicted octanol–water partition coefficient (Wildman–Crippen LogP) is 2.95. The Morgan fingerprint density at radius 2 is 2.06 bits per heavy atom. The van der Waals surface area contributed by atoms with Crippen LogP contribution in [0.15, 0.2) is 30.6 Å². The first-order chi connectivity index (χ1) is 15.5. The minimum absolute atomic E-state index is 0.133. The van der Waals surface area contributed by atoms with E-state index in [-0.39, 0.29) is 12.5 Å². The van der Waals surface area contributed by atoms with Crippen LogP contribution in [-0.4, -0.2) is 37.3 Å². The monoisotopic (exact) mass is 431 g/mol. The molecule has 4 aromatic rings. The van der Waals surface area contributed by atoms with E-state index < -0.39 is 0 Å². The van der Waals surface area contributed by atoms with Crippen molar-refractivity contribution in [2.45, 2.75) is 39.7 Å². The number of ether oxygens (including phenoxy) is 1. The summed E-state index contributed by atoms with van der Waals surface area (Å²) < 4.78 is 9.42. The molecular formula is C23H25N7O2. The molecule has 0 radical (unpaired) electrons. The van der Waals surface area contributed by atoms with Gasteiger partial charge in [-0.1, -0.05) is 0 Å². The molecule has 0 bridgehead atoms. The van der Waals surface area contributed by atoms with E-state index in [2.05, 4.69) is 25.0 Å². The molecule has 1 aliphatic carbocycles. The van der Waals surface area contributed by atoms with Crippen molar-refractivity contribution >= 4 is 28.4 Å². The molecule has 3 aromatic heterocycles. The lowest BCUT2D eigenvalue weighted by atomic mass is 10.2. The summed E-state index contributed by atoms with van der Waals surface area (Å²) in [6, 6.07) is 7.65. The van der Waals surface area contributed by atoms with Gasteiger partial charge in [-0.05, 0) is 56.9 Å². The van der Waals surface area contributed by atoms with E-state index in [1.165, 1.54) is 17.6 Å². The topological polar surface area (TPSA) is 113 Å². The summed E-state index contributed by atoms with van der Waals surface area (Å²) in [7, 11) is 1.59. The Morgan fingerprint density at radius 1 is 1.22 bits per heavy atom. The van der Waals surface area contributed by atoms with Gasteiger partial charge in [-0.25, -0.2) is 9.97 Å². The first kappa shape index (κ1) is 20.0. The lowest BCUT2D eigenvalue weighted by molar-refractivity contribution is -0.116. The van der Waals surface area contributed by atoms with Gasteiger partial charge in [0.25, 0.3) is 0 Å². The van der Waals surface area contributed by atoms with Crippen molar-refractivity contribution in [1.29, 1.82) is 0 Å². The zero-order valence-corrected chi connectivity index (χ0v) is 18.3. The number of anilines is 2. The zero-order valence-electron chi connectivity index (χ0n) is 18.3. The fourth-order valence-electron chi connectivity index (χ4n) is 4.57. The Labute approximate surface area is 185 Å². The lowest BCUT2D eigenvalue weighted by Gasteiger charge is -2.15. The van der Waals surface area contributed by atoms with Crippen molar-refractivity contribution in [1.82, 2.24) is 24.3 Å². The zero-order chi connectivity index (χ0) is 22.4. The van der Waals surface area contributed by atoms with E-state index in [4.69, 9.17) is 10.5 Å². The van der Waals surface area contributed by atoms with Crippen LogP contribution in [0.2, 0.25) is 0 Å². The van der Waals surface area contributed by atoms with Gasteiger partial charge in [0.1, 0.15) is 24.1 Å². The summed E-state index contributed by atoms with van der Waals surface area (Å²) in [4.78, 5) is 21.3.